The van der Waals surface area contributed by atoms with Crippen molar-refractivity contribution >= 4 is 17.5 Å². The molecule has 4 nitrogen and oxygen atoms in total. The molecule has 1 aliphatic rings. The Balaban J connectivity index is 2.22. The third-order valence-corrected chi connectivity index (χ3v) is 2.72. The zero-order valence-corrected chi connectivity index (χ0v) is 9.37. The lowest BCUT2D eigenvalue weighted by molar-refractivity contribution is 0.855. The quantitative estimate of drug-likeness (QED) is 0.788. The average Bonchev–Trinajstić information content (AvgIpc) is 2.70. The molecule has 0 aliphatic carbocycles. The summed E-state index contributed by atoms with van der Waals surface area (Å²) < 4.78 is 0. The molecule has 0 aromatic carbocycles. The van der Waals surface area contributed by atoms with Gasteiger partial charge in [0.2, 0.25) is 5.95 Å². The Hall–Kier alpha value is -0.870. The van der Waals surface area contributed by atoms with Crippen LogP contribution >= 0.6 is 11.6 Å². The van der Waals surface area contributed by atoms with E-state index in [1.165, 1.54) is 12.8 Å². The van der Waals surface area contributed by atoms with Crippen molar-refractivity contribution in [3.8, 4) is 0 Å². The molecule has 0 amide bonds. The Morgan fingerprint density at radius 3 is 2.73 bits per heavy atom. The molecule has 0 bridgehead atoms. The first-order chi connectivity index (χ1) is 7.29. The molecular formula is C10H15ClN4. The highest BCUT2D eigenvalue weighted by Crippen LogP contribution is 2.18. The van der Waals surface area contributed by atoms with Crippen LogP contribution in [0.3, 0.4) is 0 Å². The van der Waals surface area contributed by atoms with Crippen LogP contribution < -0.4 is 10.6 Å². The monoisotopic (exact) mass is 226 g/mol. The van der Waals surface area contributed by atoms with Crippen LogP contribution in [0.4, 0.5) is 5.95 Å². The van der Waals surface area contributed by atoms with E-state index in [0.717, 1.165) is 31.2 Å². The van der Waals surface area contributed by atoms with Crippen LogP contribution in [0.25, 0.3) is 0 Å². The first kappa shape index (κ1) is 10.6. The van der Waals surface area contributed by atoms with E-state index in [0.29, 0.717) is 11.7 Å². The van der Waals surface area contributed by atoms with Crippen molar-refractivity contribution in [1.82, 2.24) is 9.97 Å². The second-order valence-corrected chi connectivity index (χ2v) is 4.10. The summed E-state index contributed by atoms with van der Waals surface area (Å²) in [6, 6.07) is 1.79. The Morgan fingerprint density at radius 2 is 2.07 bits per heavy atom. The molecule has 1 aliphatic heterocycles. The second-order valence-electron chi connectivity index (χ2n) is 3.71. The molecule has 0 radical (unpaired) electrons. The summed E-state index contributed by atoms with van der Waals surface area (Å²) in [5.74, 6) is 0.753. The number of hydrogen-bond donors (Lipinski definition) is 1. The zero-order chi connectivity index (χ0) is 10.7. The van der Waals surface area contributed by atoms with E-state index in [-0.39, 0.29) is 0 Å². The number of aromatic nitrogens is 2. The van der Waals surface area contributed by atoms with Crippen LogP contribution in [-0.4, -0.2) is 29.6 Å². The number of halogens is 1. The van der Waals surface area contributed by atoms with Gasteiger partial charge in [0.1, 0.15) is 5.15 Å². The van der Waals surface area contributed by atoms with Crippen molar-refractivity contribution in [1.29, 1.82) is 0 Å². The number of nitrogens with zero attached hydrogens (tertiary/aromatic N) is 3. The molecule has 2 rings (SSSR count). The minimum atomic E-state index is 0.510. The summed E-state index contributed by atoms with van der Waals surface area (Å²) in [5, 5.41) is 0.510. The number of nitrogens with two attached hydrogens (primary N) is 1. The maximum Gasteiger partial charge on any atom is 0.226 e. The second kappa shape index (κ2) is 4.77. The van der Waals surface area contributed by atoms with Crippen molar-refractivity contribution in [2.45, 2.75) is 19.3 Å². The fraction of sp³-hybridized carbons (Fsp3) is 0.600. The molecule has 0 atom stereocenters. The van der Waals surface area contributed by atoms with Crippen LogP contribution in [0.1, 0.15) is 18.5 Å². The van der Waals surface area contributed by atoms with E-state index in [1.54, 1.807) is 6.07 Å². The average molecular weight is 227 g/mol. The zero-order valence-electron chi connectivity index (χ0n) is 8.62. The smallest absolute Gasteiger partial charge is 0.226 e. The van der Waals surface area contributed by atoms with E-state index < -0.39 is 0 Å². The fourth-order valence-electron chi connectivity index (χ4n) is 1.79. The molecule has 1 saturated heterocycles. The van der Waals surface area contributed by atoms with Crippen LogP contribution in [0.5, 0.6) is 0 Å². The highest BCUT2D eigenvalue weighted by Gasteiger charge is 2.15. The van der Waals surface area contributed by atoms with Gasteiger partial charge in [-0.3, -0.25) is 0 Å². The Labute approximate surface area is 94.5 Å². The first-order valence-electron chi connectivity index (χ1n) is 5.28. The lowest BCUT2D eigenvalue weighted by Gasteiger charge is -2.15. The van der Waals surface area contributed by atoms with Gasteiger partial charge in [-0.1, -0.05) is 11.6 Å². The molecule has 5 heteroatoms. The topological polar surface area (TPSA) is 55.0 Å². The van der Waals surface area contributed by atoms with Crippen molar-refractivity contribution in [2.24, 2.45) is 5.73 Å². The molecule has 15 heavy (non-hydrogen) atoms. The fourth-order valence-corrected chi connectivity index (χ4v) is 1.99. The largest absolute Gasteiger partial charge is 0.341 e. The molecule has 2 heterocycles. The van der Waals surface area contributed by atoms with Gasteiger partial charge in [0.15, 0.2) is 0 Å². The summed E-state index contributed by atoms with van der Waals surface area (Å²) in [6.45, 7) is 2.65. The lowest BCUT2D eigenvalue weighted by atomic mass is 10.3. The first-order valence-corrected chi connectivity index (χ1v) is 5.66. The Morgan fingerprint density at radius 1 is 1.33 bits per heavy atom. The van der Waals surface area contributed by atoms with Crippen molar-refractivity contribution in [2.75, 3.05) is 24.5 Å². The Bertz CT molecular complexity index is 336. The maximum atomic E-state index is 5.95. The Kier molecular flexibility index (Phi) is 3.38. The number of hydrogen-bond acceptors (Lipinski definition) is 4. The van der Waals surface area contributed by atoms with Gasteiger partial charge in [0.25, 0.3) is 0 Å². The maximum absolute atomic E-state index is 5.95. The predicted octanol–water partition coefficient (Wildman–Crippen LogP) is 1.23. The molecule has 0 saturated carbocycles. The molecule has 82 valence electrons. The summed E-state index contributed by atoms with van der Waals surface area (Å²) in [6.07, 6.45) is 3.17. The highest BCUT2D eigenvalue weighted by molar-refractivity contribution is 6.29. The molecule has 1 fully saturated rings. The van der Waals surface area contributed by atoms with Gasteiger partial charge in [-0.2, -0.15) is 0 Å². The summed E-state index contributed by atoms with van der Waals surface area (Å²) in [5.41, 5.74) is 6.43. The van der Waals surface area contributed by atoms with Crippen LogP contribution in [-0.2, 0) is 6.42 Å². The van der Waals surface area contributed by atoms with Gasteiger partial charge in [0.05, 0.1) is 0 Å². The van der Waals surface area contributed by atoms with Gasteiger partial charge in [0, 0.05) is 25.2 Å². The van der Waals surface area contributed by atoms with E-state index in [2.05, 4.69) is 14.9 Å². The van der Waals surface area contributed by atoms with E-state index in [4.69, 9.17) is 17.3 Å². The van der Waals surface area contributed by atoms with E-state index >= 15 is 0 Å². The van der Waals surface area contributed by atoms with Gasteiger partial charge in [-0.15, -0.1) is 0 Å². The molecule has 2 N–H and O–H groups in total. The van der Waals surface area contributed by atoms with Crippen molar-refractivity contribution in [3.63, 3.8) is 0 Å². The third-order valence-electron chi connectivity index (χ3n) is 2.53. The minimum Gasteiger partial charge on any atom is -0.341 e. The molecular weight excluding hydrogens is 212 g/mol. The molecule has 0 spiro atoms. The lowest BCUT2D eigenvalue weighted by Crippen LogP contribution is -2.21. The van der Waals surface area contributed by atoms with Crippen LogP contribution in [0.2, 0.25) is 5.15 Å². The molecule has 0 unspecified atom stereocenters. The van der Waals surface area contributed by atoms with Crippen molar-refractivity contribution in [3.05, 3.63) is 16.9 Å². The van der Waals surface area contributed by atoms with E-state index in [9.17, 15) is 0 Å². The third kappa shape index (κ3) is 2.58. The molecule has 1 aromatic rings. The molecule has 1 aromatic heterocycles. The van der Waals surface area contributed by atoms with E-state index in [1.807, 2.05) is 0 Å². The van der Waals surface area contributed by atoms with Crippen LogP contribution in [0.15, 0.2) is 6.07 Å². The number of rotatable bonds is 3. The summed E-state index contributed by atoms with van der Waals surface area (Å²) in [7, 11) is 0. The normalized spacial score (nSPS) is 16.0. The highest BCUT2D eigenvalue weighted by atomic mass is 35.5. The number of anilines is 1. The SMILES string of the molecule is NCCc1cc(Cl)nc(N2CCCC2)n1. The summed E-state index contributed by atoms with van der Waals surface area (Å²) in [4.78, 5) is 10.9. The van der Waals surface area contributed by atoms with Gasteiger partial charge < -0.3 is 10.6 Å². The van der Waals surface area contributed by atoms with Crippen LogP contribution in [0, 0.1) is 0 Å². The van der Waals surface area contributed by atoms with Gasteiger partial charge in [-0.25, -0.2) is 9.97 Å². The standard InChI is InChI=1S/C10H15ClN4/c11-9-7-8(3-4-12)13-10(14-9)15-5-1-2-6-15/h7H,1-6,12H2. The minimum absolute atomic E-state index is 0.510. The van der Waals surface area contributed by atoms with Crippen molar-refractivity contribution < 1.29 is 0 Å². The van der Waals surface area contributed by atoms with Gasteiger partial charge >= 0.3 is 0 Å². The van der Waals surface area contributed by atoms with Gasteiger partial charge in [-0.05, 0) is 25.5 Å². The summed E-state index contributed by atoms with van der Waals surface area (Å²) >= 11 is 5.95. The predicted molar refractivity (Wildman–Crippen MR) is 61.2 cm³/mol.